The molecule has 0 spiro atoms. The van der Waals surface area contributed by atoms with Gasteiger partial charge in [0, 0.05) is 25.3 Å². The summed E-state index contributed by atoms with van der Waals surface area (Å²) >= 11 is 0. The Labute approximate surface area is 217 Å². The fourth-order valence-electron chi connectivity index (χ4n) is 4.33. The average molecular weight is 533 g/mol. The Kier molecular flexibility index (Phi) is 8.51. The van der Waals surface area contributed by atoms with Gasteiger partial charge in [-0.3, -0.25) is 9.59 Å². The van der Waals surface area contributed by atoms with Crippen LogP contribution in [0, 0.1) is 12.7 Å². The lowest BCUT2D eigenvalue weighted by molar-refractivity contribution is -0.137. The van der Waals surface area contributed by atoms with Crippen LogP contribution in [0.4, 0.5) is 17.6 Å². The van der Waals surface area contributed by atoms with Gasteiger partial charge in [-0.2, -0.15) is 13.2 Å². The topological polar surface area (TPSA) is 63.0 Å². The van der Waals surface area contributed by atoms with Crippen molar-refractivity contribution in [3.63, 3.8) is 0 Å². The maximum absolute atomic E-state index is 13.6. The second-order valence-electron chi connectivity index (χ2n) is 9.29. The molecule has 6 nitrogen and oxygen atoms in total. The summed E-state index contributed by atoms with van der Waals surface area (Å²) in [6.07, 6.45) is -3.47. The number of alkyl halides is 3. The van der Waals surface area contributed by atoms with E-state index in [2.05, 4.69) is 0 Å². The molecule has 38 heavy (non-hydrogen) atoms. The molecule has 2 amide bonds. The van der Waals surface area contributed by atoms with E-state index >= 15 is 0 Å². The first-order valence-corrected chi connectivity index (χ1v) is 12.2. The van der Waals surface area contributed by atoms with Crippen molar-refractivity contribution in [2.75, 3.05) is 19.7 Å². The van der Waals surface area contributed by atoms with Gasteiger partial charge in [-0.05, 0) is 67.8 Å². The average Bonchev–Trinajstić information content (AvgIpc) is 3.55. The van der Waals surface area contributed by atoms with Gasteiger partial charge in [-0.15, -0.1) is 0 Å². The van der Waals surface area contributed by atoms with Gasteiger partial charge >= 0.3 is 6.18 Å². The van der Waals surface area contributed by atoms with Gasteiger partial charge in [0.25, 0.3) is 5.91 Å². The number of ether oxygens (including phenoxy) is 1. The van der Waals surface area contributed by atoms with Crippen LogP contribution >= 0.6 is 0 Å². The minimum absolute atomic E-state index is 0.0606. The van der Waals surface area contributed by atoms with E-state index in [0.29, 0.717) is 30.1 Å². The van der Waals surface area contributed by atoms with Gasteiger partial charge in [0.05, 0.1) is 18.2 Å². The second kappa shape index (κ2) is 11.8. The first kappa shape index (κ1) is 27.4. The summed E-state index contributed by atoms with van der Waals surface area (Å²) in [5.74, 6) is -0.373. The highest BCUT2D eigenvalue weighted by Crippen LogP contribution is 2.30. The Morgan fingerprint density at radius 3 is 2.39 bits per heavy atom. The number of amides is 2. The van der Waals surface area contributed by atoms with Gasteiger partial charge in [-0.25, -0.2) is 4.39 Å². The third kappa shape index (κ3) is 7.22. The number of aryl methyl sites for hydroxylation is 1. The quantitative estimate of drug-likeness (QED) is 0.337. The third-order valence-electron chi connectivity index (χ3n) is 6.28. The molecule has 1 unspecified atom stereocenters. The number of hydrogen-bond acceptors (Lipinski definition) is 4. The summed E-state index contributed by atoms with van der Waals surface area (Å²) < 4.78 is 64.5. The zero-order valence-corrected chi connectivity index (χ0v) is 20.8. The van der Waals surface area contributed by atoms with Gasteiger partial charge in [0.1, 0.15) is 23.9 Å². The minimum Gasteiger partial charge on any atom is -0.464 e. The molecule has 2 aromatic carbocycles. The van der Waals surface area contributed by atoms with Crippen LogP contribution in [-0.4, -0.2) is 47.4 Å². The summed E-state index contributed by atoms with van der Waals surface area (Å²) in [6, 6.07) is 13.3. The molecular formula is C28H28F4N2O4. The maximum atomic E-state index is 13.6. The molecule has 1 fully saturated rings. The van der Waals surface area contributed by atoms with Crippen LogP contribution in [-0.2, 0) is 28.8 Å². The molecule has 202 valence electrons. The zero-order chi connectivity index (χ0) is 27.3. The van der Waals surface area contributed by atoms with E-state index in [4.69, 9.17) is 9.15 Å². The SMILES string of the molecule is Cc1ccc(CN(Cc2ccc(F)cc2)C(=O)CN(CC2CCCO2)C(=O)c2cccc(C(F)(F)F)c2)o1. The van der Waals surface area contributed by atoms with Crippen molar-refractivity contribution in [3.05, 3.63) is 94.7 Å². The molecule has 4 rings (SSSR count). The van der Waals surface area contributed by atoms with Crippen LogP contribution < -0.4 is 0 Å². The van der Waals surface area contributed by atoms with Gasteiger partial charge < -0.3 is 19.0 Å². The predicted molar refractivity (Wildman–Crippen MR) is 130 cm³/mol. The van der Waals surface area contributed by atoms with Crippen molar-refractivity contribution in [1.82, 2.24) is 9.80 Å². The van der Waals surface area contributed by atoms with Crippen molar-refractivity contribution in [2.24, 2.45) is 0 Å². The van der Waals surface area contributed by atoms with Crippen LogP contribution in [0.3, 0.4) is 0 Å². The Morgan fingerprint density at radius 2 is 1.76 bits per heavy atom. The number of carbonyl (C=O) groups excluding carboxylic acids is 2. The largest absolute Gasteiger partial charge is 0.464 e. The summed E-state index contributed by atoms with van der Waals surface area (Å²) in [5.41, 5.74) is -0.451. The van der Waals surface area contributed by atoms with Crippen LogP contribution in [0.5, 0.6) is 0 Å². The fourth-order valence-corrected chi connectivity index (χ4v) is 4.33. The number of hydrogen-bond donors (Lipinski definition) is 0. The Morgan fingerprint density at radius 1 is 1.00 bits per heavy atom. The number of halogens is 4. The highest BCUT2D eigenvalue weighted by atomic mass is 19.4. The molecule has 0 N–H and O–H groups in total. The fraction of sp³-hybridized carbons (Fsp3) is 0.357. The Bertz CT molecular complexity index is 1250. The van der Waals surface area contributed by atoms with Crippen molar-refractivity contribution >= 4 is 11.8 Å². The van der Waals surface area contributed by atoms with Crippen molar-refractivity contribution in [1.29, 1.82) is 0 Å². The molecule has 0 aliphatic carbocycles. The van der Waals surface area contributed by atoms with E-state index in [9.17, 15) is 27.2 Å². The van der Waals surface area contributed by atoms with Gasteiger partial charge in [0.15, 0.2) is 0 Å². The molecule has 2 heterocycles. The van der Waals surface area contributed by atoms with E-state index in [1.807, 2.05) is 0 Å². The number of carbonyl (C=O) groups is 2. The summed E-state index contributed by atoms with van der Waals surface area (Å²) in [5, 5.41) is 0. The predicted octanol–water partition coefficient (Wildman–Crippen LogP) is 5.60. The second-order valence-corrected chi connectivity index (χ2v) is 9.29. The molecule has 1 aliphatic heterocycles. The smallest absolute Gasteiger partial charge is 0.416 e. The van der Waals surface area contributed by atoms with Crippen molar-refractivity contribution in [2.45, 2.75) is 45.1 Å². The molecule has 10 heteroatoms. The first-order valence-electron chi connectivity index (χ1n) is 12.2. The lowest BCUT2D eigenvalue weighted by Crippen LogP contribution is -2.45. The van der Waals surface area contributed by atoms with E-state index in [0.717, 1.165) is 18.6 Å². The monoisotopic (exact) mass is 532 g/mol. The lowest BCUT2D eigenvalue weighted by atomic mass is 10.1. The van der Waals surface area contributed by atoms with Crippen LogP contribution in [0.15, 0.2) is 65.1 Å². The molecule has 3 aromatic rings. The summed E-state index contributed by atoms with van der Waals surface area (Å²) in [7, 11) is 0. The maximum Gasteiger partial charge on any atom is 0.416 e. The first-order chi connectivity index (χ1) is 18.1. The molecular weight excluding hydrogens is 504 g/mol. The Balaban J connectivity index is 1.58. The van der Waals surface area contributed by atoms with Gasteiger partial charge in [-0.1, -0.05) is 18.2 Å². The molecule has 0 radical (unpaired) electrons. The minimum atomic E-state index is -4.61. The highest BCUT2D eigenvalue weighted by molar-refractivity contribution is 5.96. The highest BCUT2D eigenvalue weighted by Gasteiger charge is 2.32. The van der Waals surface area contributed by atoms with E-state index in [-0.39, 0.29) is 37.8 Å². The standard InChI is InChI=1S/C28H28F4N2O4/c1-19-7-12-25(38-19)17-33(15-20-8-10-23(29)11-9-20)26(35)18-34(16-24-6-3-13-37-24)27(36)21-4-2-5-22(14-21)28(30,31)32/h2,4-5,7-12,14,24H,3,6,13,15-18H2,1H3. The van der Waals surface area contributed by atoms with Gasteiger partial charge in [0.2, 0.25) is 5.91 Å². The van der Waals surface area contributed by atoms with Crippen LogP contribution in [0.25, 0.3) is 0 Å². The molecule has 1 atom stereocenters. The lowest BCUT2D eigenvalue weighted by Gasteiger charge is -2.29. The number of nitrogens with zero attached hydrogens (tertiary/aromatic N) is 2. The van der Waals surface area contributed by atoms with E-state index in [1.165, 1.54) is 34.1 Å². The van der Waals surface area contributed by atoms with Crippen molar-refractivity contribution < 1.29 is 36.3 Å². The molecule has 1 aromatic heterocycles. The van der Waals surface area contributed by atoms with E-state index < -0.39 is 29.4 Å². The zero-order valence-electron chi connectivity index (χ0n) is 20.8. The Hall–Kier alpha value is -3.66. The molecule has 1 aliphatic rings. The van der Waals surface area contributed by atoms with E-state index in [1.54, 1.807) is 31.2 Å². The molecule has 0 bridgehead atoms. The molecule has 0 saturated carbocycles. The normalized spacial score (nSPS) is 15.4. The summed E-state index contributed by atoms with van der Waals surface area (Å²) in [4.78, 5) is 29.7. The summed E-state index contributed by atoms with van der Waals surface area (Å²) in [6.45, 7) is 2.17. The van der Waals surface area contributed by atoms with Crippen LogP contribution in [0.2, 0.25) is 0 Å². The third-order valence-corrected chi connectivity index (χ3v) is 6.28. The van der Waals surface area contributed by atoms with Crippen molar-refractivity contribution in [3.8, 4) is 0 Å². The molecule has 1 saturated heterocycles. The number of furan rings is 1. The number of rotatable bonds is 9. The van der Waals surface area contributed by atoms with Crippen LogP contribution in [0.1, 0.15) is 45.8 Å². The number of benzene rings is 2.